The number of rotatable bonds is 4. The fourth-order valence-corrected chi connectivity index (χ4v) is 4.51. The van der Waals surface area contributed by atoms with Gasteiger partial charge in [0, 0.05) is 26.1 Å². The van der Waals surface area contributed by atoms with Gasteiger partial charge in [-0.15, -0.1) is 0 Å². The highest BCUT2D eigenvalue weighted by Gasteiger charge is 2.49. The topological polar surface area (TPSA) is 49.3 Å². The van der Waals surface area contributed by atoms with Crippen LogP contribution in [0.5, 0.6) is 0 Å². The van der Waals surface area contributed by atoms with Gasteiger partial charge in [0.25, 0.3) is 0 Å². The number of hydrogen-bond acceptors (Lipinski definition) is 4. The van der Waals surface area contributed by atoms with Gasteiger partial charge in [0.1, 0.15) is 11.9 Å². The van der Waals surface area contributed by atoms with Crippen molar-refractivity contribution in [2.45, 2.75) is 44.2 Å². The Morgan fingerprint density at radius 2 is 1.81 bits per heavy atom. The van der Waals surface area contributed by atoms with Crippen molar-refractivity contribution in [2.24, 2.45) is 0 Å². The van der Waals surface area contributed by atoms with Crippen molar-refractivity contribution in [1.82, 2.24) is 19.8 Å². The zero-order valence-corrected chi connectivity index (χ0v) is 15.4. The van der Waals surface area contributed by atoms with Crippen LogP contribution in [-0.2, 0) is 24.2 Å². The highest BCUT2D eigenvalue weighted by Crippen LogP contribution is 2.37. The predicted octanol–water partition coefficient (Wildman–Crippen LogP) is 2.46. The van der Waals surface area contributed by atoms with Crippen LogP contribution in [0.2, 0.25) is 0 Å². The molecule has 136 valence electrons. The van der Waals surface area contributed by atoms with Crippen molar-refractivity contribution < 1.29 is 4.79 Å². The maximum Gasteiger partial charge on any atom is 0.243 e. The molecule has 0 N–H and O–H groups in total. The van der Waals surface area contributed by atoms with Crippen LogP contribution in [0.1, 0.15) is 36.1 Å². The molecule has 0 spiro atoms. The quantitative estimate of drug-likeness (QED) is 0.850. The average molecular weight is 350 g/mol. The molecular formula is C21H26N4O. The second kappa shape index (κ2) is 7.16. The molecule has 4 rings (SSSR count). The molecule has 0 bridgehead atoms. The standard InChI is InChI=1S/C21H26N4O/c1-24(15-19-9-10-22-16-23-19)20(26)21(25-11-5-2-6-12-25)13-17-7-3-4-8-18(17)14-21/h3-4,7-10,16H,2,5-6,11-15H2,1H3. The largest absolute Gasteiger partial charge is 0.338 e. The minimum Gasteiger partial charge on any atom is -0.338 e. The molecule has 1 saturated heterocycles. The Hall–Kier alpha value is -2.27. The molecule has 2 aliphatic rings. The van der Waals surface area contributed by atoms with Crippen LogP contribution in [0, 0.1) is 0 Å². The summed E-state index contributed by atoms with van der Waals surface area (Å²) in [5.74, 6) is 0.217. The third kappa shape index (κ3) is 3.12. The molecule has 0 saturated carbocycles. The molecular weight excluding hydrogens is 324 g/mol. The molecule has 1 fully saturated rings. The molecule has 26 heavy (non-hydrogen) atoms. The fourth-order valence-electron chi connectivity index (χ4n) is 4.51. The van der Waals surface area contributed by atoms with Gasteiger partial charge in [-0.05, 0) is 43.1 Å². The second-order valence-corrected chi connectivity index (χ2v) is 7.56. The Balaban J connectivity index is 1.62. The maximum absolute atomic E-state index is 13.7. The fraction of sp³-hybridized carbons (Fsp3) is 0.476. The van der Waals surface area contributed by atoms with Crippen molar-refractivity contribution in [3.8, 4) is 0 Å². The highest BCUT2D eigenvalue weighted by atomic mass is 16.2. The molecule has 2 aromatic rings. The van der Waals surface area contributed by atoms with Gasteiger partial charge in [-0.3, -0.25) is 9.69 Å². The van der Waals surface area contributed by atoms with Gasteiger partial charge >= 0.3 is 0 Å². The third-order valence-electron chi connectivity index (χ3n) is 5.83. The van der Waals surface area contributed by atoms with Crippen molar-refractivity contribution >= 4 is 5.91 Å². The summed E-state index contributed by atoms with van der Waals surface area (Å²) in [7, 11) is 1.90. The zero-order chi connectivity index (χ0) is 18.0. The smallest absolute Gasteiger partial charge is 0.243 e. The molecule has 0 unspecified atom stereocenters. The molecule has 0 atom stereocenters. The SMILES string of the molecule is CN(Cc1ccncn1)C(=O)C1(N2CCCCC2)Cc2ccccc2C1. The number of aromatic nitrogens is 2. The number of carbonyl (C=O) groups is 1. The highest BCUT2D eigenvalue weighted by molar-refractivity contribution is 5.88. The molecule has 5 nitrogen and oxygen atoms in total. The van der Waals surface area contributed by atoms with E-state index in [1.54, 1.807) is 12.5 Å². The van der Waals surface area contributed by atoms with E-state index in [2.05, 4.69) is 39.1 Å². The van der Waals surface area contributed by atoms with Crippen molar-refractivity contribution in [2.75, 3.05) is 20.1 Å². The molecule has 0 radical (unpaired) electrons. The first-order valence-corrected chi connectivity index (χ1v) is 9.51. The number of fused-ring (bicyclic) bond motifs is 1. The van der Waals surface area contributed by atoms with Crippen LogP contribution in [0.15, 0.2) is 42.9 Å². The van der Waals surface area contributed by atoms with Crippen molar-refractivity contribution in [3.05, 3.63) is 59.7 Å². The minimum absolute atomic E-state index is 0.217. The number of hydrogen-bond donors (Lipinski definition) is 0. The van der Waals surface area contributed by atoms with E-state index in [1.165, 1.54) is 30.4 Å². The van der Waals surface area contributed by atoms with E-state index in [9.17, 15) is 4.79 Å². The Kier molecular flexibility index (Phi) is 4.72. The van der Waals surface area contributed by atoms with E-state index < -0.39 is 5.54 Å². The maximum atomic E-state index is 13.7. The number of nitrogens with zero attached hydrogens (tertiary/aromatic N) is 4. The number of piperidine rings is 1. The van der Waals surface area contributed by atoms with Crippen LogP contribution in [0.3, 0.4) is 0 Å². The summed E-state index contributed by atoms with van der Waals surface area (Å²) in [5, 5.41) is 0. The van der Waals surface area contributed by atoms with E-state index >= 15 is 0 Å². The first-order valence-electron chi connectivity index (χ1n) is 9.51. The summed E-state index contributed by atoms with van der Waals surface area (Å²) >= 11 is 0. The van der Waals surface area contributed by atoms with E-state index in [1.807, 2.05) is 18.0 Å². The van der Waals surface area contributed by atoms with Crippen LogP contribution >= 0.6 is 0 Å². The second-order valence-electron chi connectivity index (χ2n) is 7.56. The molecule has 1 aliphatic heterocycles. The number of likely N-dealkylation sites (N-methyl/N-ethyl adjacent to an activating group) is 1. The summed E-state index contributed by atoms with van der Waals surface area (Å²) in [4.78, 5) is 26.2. The van der Waals surface area contributed by atoms with Gasteiger partial charge in [0.05, 0.1) is 12.2 Å². The summed E-state index contributed by atoms with van der Waals surface area (Å²) in [6.45, 7) is 2.55. The number of amides is 1. The van der Waals surface area contributed by atoms with E-state index in [4.69, 9.17) is 0 Å². The first-order chi connectivity index (χ1) is 12.7. The lowest BCUT2D eigenvalue weighted by atomic mass is 9.89. The lowest BCUT2D eigenvalue weighted by Gasteiger charge is -2.44. The summed E-state index contributed by atoms with van der Waals surface area (Å²) in [6, 6.07) is 10.4. The van der Waals surface area contributed by atoms with Crippen LogP contribution in [0.25, 0.3) is 0 Å². The molecule has 1 aromatic heterocycles. The molecule has 1 aliphatic carbocycles. The normalized spacial score (nSPS) is 19.1. The van der Waals surface area contributed by atoms with Gasteiger partial charge in [0.15, 0.2) is 0 Å². The lowest BCUT2D eigenvalue weighted by Crippen LogP contribution is -2.61. The van der Waals surface area contributed by atoms with Crippen molar-refractivity contribution in [1.29, 1.82) is 0 Å². The Bertz CT molecular complexity index is 746. The van der Waals surface area contributed by atoms with E-state index in [-0.39, 0.29) is 5.91 Å². The first kappa shape index (κ1) is 17.2. The van der Waals surface area contributed by atoms with Crippen LogP contribution < -0.4 is 0 Å². The molecule has 1 aromatic carbocycles. The minimum atomic E-state index is -0.439. The summed E-state index contributed by atoms with van der Waals surface area (Å²) in [6.07, 6.45) is 8.53. The van der Waals surface area contributed by atoms with Gasteiger partial charge in [-0.2, -0.15) is 0 Å². The molecule has 5 heteroatoms. The van der Waals surface area contributed by atoms with Gasteiger partial charge < -0.3 is 4.90 Å². The summed E-state index contributed by atoms with van der Waals surface area (Å²) in [5.41, 5.74) is 3.08. The van der Waals surface area contributed by atoms with Gasteiger partial charge in [-0.25, -0.2) is 9.97 Å². The predicted molar refractivity (Wildman–Crippen MR) is 101 cm³/mol. The zero-order valence-electron chi connectivity index (χ0n) is 15.4. The monoisotopic (exact) mass is 350 g/mol. The number of likely N-dealkylation sites (tertiary alicyclic amines) is 1. The molecule has 1 amide bonds. The third-order valence-corrected chi connectivity index (χ3v) is 5.83. The molecule has 2 heterocycles. The summed E-state index contributed by atoms with van der Waals surface area (Å²) < 4.78 is 0. The Labute approximate surface area is 155 Å². The lowest BCUT2D eigenvalue weighted by molar-refractivity contribution is -0.144. The van der Waals surface area contributed by atoms with E-state index in [0.29, 0.717) is 6.54 Å². The number of benzene rings is 1. The Morgan fingerprint density at radius 3 is 2.42 bits per heavy atom. The van der Waals surface area contributed by atoms with E-state index in [0.717, 1.165) is 31.6 Å². The van der Waals surface area contributed by atoms with Crippen molar-refractivity contribution in [3.63, 3.8) is 0 Å². The van der Waals surface area contributed by atoms with Gasteiger partial charge in [0.2, 0.25) is 5.91 Å². The van der Waals surface area contributed by atoms with Crippen LogP contribution in [0.4, 0.5) is 0 Å². The van der Waals surface area contributed by atoms with Gasteiger partial charge in [-0.1, -0.05) is 30.7 Å². The van der Waals surface area contributed by atoms with Crippen LogP contribution in [-0.4, -0.2) is 51.4 Å². The number of carbonyl (C=O) groups excluding carboxylic acids is 1. The Morgan fingerprint density at radius 1 is 1.12 bits per heavy atom. The average Bonchev–Trinajstić information content (AvgIpc) is 3.09.